The van der Waals surface area contributed by atoms with Gasteiger partial charge in [0.15, 0.2) is 0 Å². The van der Waals surface area contributed by atoms with Crippen LogP contribution in [0.3, 0.4) is 0 Å². The largest absolute Gasteiger partial charge is 0.284 e. The Bertz CT molecular complexity index is 409. The molecule has 0 bridgehead atoms. The van der Waals surface area contributed by atoms with E-state index in [0.29, 0.717) is 4.38 Å². The average molecular weight is 261 g/mol. The van der Waals surface area contributed by atoms with E-state index in [1.165, 1.54) is 29.6 Å². The molecule has 2 nitrogen and oxygen atoms in total. The van der Waals surface area contributed by atoms with E-state index in [9.17, 15) is 13.6 Å². The molecule has 0 spiro atoms. The van der Waals surface area contributed by atoms with Crippen LogP contribution in [0, 0.1) is 11.6 Å². The Morgan fingerprint density at radius 2 is 1.69 bits per heavy atom. The zero-order valence-electron chi connectivity index (χ0n) is 8.66. The van der Waals surface area contributed by atoms with Gasteiger partial charge in [-0.05, 0) is 24.6 Å². The summed E-state index contributed by atoms with van der Waals surface area (Å²) in [7, 11) is 0. The zero-order chi connectivity index (χ0) is 12.1. The maximum Gasteiger partial charge on any atom is 0.284 e. The molecular weight excluding hydrogens is 252 g/mol. The molecule has 1 aromatic rings. The van der Waals surface area contributed by atoms with Crippen LogP contribution in [0.4, 0.5) is 8.78 Å². The molecule has 0 saturated carbocycles. The van der Waals surface area contributed by atoms with E-state index in [0.717, 1.165) is 12.1 Å². The van der Waals surface area contributed by atoms with Crippen LogP contribution in [-0.4, -0.2) is 22.8 Å². The second-order valence-corrected chi connectivity index (χ2v) is 4.54. The molecule has 16 heavy (non-hydrogen) atoms. The second-order valence-electron chi connectivity index (χ2n) is 2.69. The minimum atomic E-state index is -0.894. The molecular formula is C10H9F2NOS2. The number of carbonyl (C=O) groups is 1. The number of rotatable bonds is 1. The van der Waals surface area contributed by atoms with Crippen molar-refractivity contribution >= 4 is 33.8 Å². The Labute approximate surface area is 101 Å². The molecule has 0 aliphatic carbocycles. The number of aliphatic imine (C=N–C) groups is 1. The number of nitrogens with zero attached hydrogens (tertiary/aromatic N) is 1. The number of hydrogen-bond donors (Lipinski definition) is 0. The number of benzene rings is 1. The highest BCUT2D eigenvalue weighted by molar-refractivity contribution is 8.38. The molecule has 6 heteroatoms. The van der Waals surface area contributed by atoms with Crippen LogP contribution in [0.2, 0.25) is 0 Å². The number of hydrogen-bond acceptors (Lipinski definition) is 3. The molecule has 0 fully saturated rings. The van der Waals surface area contributed by atoms with Crippen molar-refractivity contribution in [2.75, 3.05) is 12.5 Å². The summed E-state index contributed by atoms with van der Waals surface area (Å²) in [6, 6.07) is 3.27. The van der Waals surface area contributed by atoms with Crippen LogP contribution in [0.15, 0.2) is 23.2 Å². The second kappa shape index (κ2) is 6.00. The normalized spacial score (nSPS) is 10.0. The minimum absolute atomic E-state index is 0.465. The van der Waals surface area contributed by atoms with Crippen molar-refractivity contribution in [1.82, 2.24) is 0 Å². The molecule has 1 aromatic carbocycles. The maximum absolute atomic E-state index is 13.2. The van der Waals surface area contributed by atoms with E-state index in [1.807, 2.05) is 0 Å². The third kappa shape index (κ3) is 3.05. The number of thioether (sulfide) groups is 2. The van der Waals surface area contributed by atoms with E-state index in [1.54, 1.807) is 12.5 Å². The number of carbonyl (C=O) groups excluding carboxylic acids is 1. The predicted molar refractivity (Wildman–Crippen MR) is 65.2 cm³/mol. The fourth-order valence-corrected chi connectivity index (χ4v) is 2.03. The van der Waals surface area contributed by atoms with Gasteiger partial charge in [0, 0.05) is 0 Å². The van der Waals surface area contributed by atoms with Crippen molar-refractivity contribution in [3.8, 4) is 0 Å². The fourth-order valence-electron chi connectivity index (χ4n) is 1.02. The molecule has 0 aromatic heterocycles. The van der Waals surface area contributed by atoms with Crippen LogP contribution in [-0.2, 0) is 0 Å². The molecule has 1 rings (SSSR count). The Balaban J connectivity index is 3.10. The van der Waals surface area contributed by atoms with Crippen LogP contribution in [0.25, 0.3) is 0 Å². The first-order valence-electron chi connectivity index (χ1n) is 4.25. The zero-order valence-corrected chi connectivity index (χ0v) is 10.3. The highest BCUT2D eigenvalue weighted by Crippen LogP contribution is 2.16. The SMILES string of the molecule is CSC(=NC(=O)c1c(F)cccc1F)SC. The topological polar surface area (TPSA) is 29.4 Å². The van der Waals surface area contributed by atoms with Crippen molar-refractivity contribution in [1.29, 1.82) is 0 Å². The Kier molecular flexibility index (Phi) is 4.95. The third-order valence-corrected chi connectivity index (χ3v) is 3.60. The molecule has 0 heterocycles. The van der Waals surface area contributed by atoms with Gasteiger partial charge in [-0.2, -0.15) is 4.99 Å². The average Bonchev–Trinajstić information content (AvgIpc) is 2.25. The van der Waals surface area contributed by atoms with E-state index in [-0.39, 0.29) is 0 Å². The lowest BCUT2D eigenvalue weighted by Crippen LogP contribution is -2.04. The van der Waals surface area contributed by atoms with Crippen LogP contribution in [0.1, 0.15) is 10.4 Å². The summed E-state index contributed by atoms with van der Waals surface area (Å²) >= 11 is 2.50. The summed E-state index contributed by atoms with van der Waals surface area (Å²) in [6.45, 7) is 0. The standard InChI is InChI=1S/C10H9F2NOS2/c1-15-10(16-2)13-9(14)8-6(11)4-3-5-7(8)12/h3-5H,1-2H3. The summed E-state index contributed by atoms with van der Waals surface area (Å²) in [4.78, 5) is 15.1. The molecule has 0 unspecified atom stereocenters. The smallest absolute Gasteiger partial charge is 0.266 e. The van der Waals surface area contributed by atoms with Gasteiger partial charge in [0.2, 0.25) is 0 Å². The first kappa shape index (κ1) is 13.2. The van der Waals surface area contributed by atoms with Gasteiger partial charge in [-0.1, -0.05) is 6.07 Å². The lowest BCUT2D eigenvalue weighted by Gasteiger charge is -2.01. The van der Waals surface area contributed by atoms with Crippen molar-refractivity contribution in [3.05, 3.63) is 35.4 Å². The van der Waals surface area contributed by atoms with E-state index in [2.05, 4.69) is 4.99 Å². The lowest BCUT2D eigenvalue weighted by molar-refractivity contribution is 0.0995. The Morgan fingerprint density at radius 1 is 1.19 bits per heavy atom. The van der Waals surface area contributed by atoms with Crippen LogP contribution in [0.5, 0.6) is 0 Å². The van der Waals surface area contributed by atoms with Crippen molar-refractivity contribution in [2.45, 2.75) is 0 Å². The summed E-state index contributed by atoms with van der Waals surface area (Å²) in [6.07, 6.45) is 3.47. The third-order valence-electron chi connectivity index (χ3n) is 1.72. The number of amides is 1. The van der Waals surface area contributed by atoms with E-state index >= 15 is 0 Å². The van der Waals surface area contributed by atoms with Gasteiger partial charge in [-0.15, -0.1) is 23.5 Å². The van der Waals surface area contributed by atoms with Crippen LogP contribution >= 0.6 is 23.5 Å². The predicted octanol–water partition coefficient (Wildman–Crippen LogP) is 3.19. The maximum atomic E-state index is 13.2. The molecule has 0 aliphatic rings. The molecule has 86 valence electrons. The van der Waals surface area contributed by atoms with E-state index < -0.39 is 23.1 Å². The van der Waals surface area contributed by atoms with Gasteiger partial charge in [-0.3, -0.25) is 4.79 Å². The quantitative estimate of drug-likeness (QED) is 0.574. The summed E-state index contributed by atoms with van der Waals surface area (Å²) in [5, 5.41) is 0. The molecule has 0 N–H and O–H groups in total. The van der Waals surface area contributed by atoms with Gasteiger partial charge >= 0.3 is 0 Å². The van der Waals surface area contributed by atoms with E-state index in [4.69, 9.17) is 0 Å². The Hall–Kier alpha value is -0.880. The van der Waals surface area contributed by atoms with Gasteiger partial charge in [0.05, 0.1) is 0 Å². The van der Waals surface area contributed by atoms with Crippen LogP contribution < -0.4 is 0 Å². The fraction of sp³-hybridized carbons (Fsp3) is 0.200. The van der Waals surface area contributed by atoms with Crippen molar-refractivity contribution < 1.29 is 13.6 Å². The van der Waals surface area contributed by atoms with Gasteiger partial charge in [-0.25, -0.2) is 8.78 Å². The van der Waals surface area contributed by atoms with Crippen molar-refractivity contribution in [3.63, 3.8) is 0 Å². The molecule has 0 atom stereocenters. The summed E-state index contributed by atoms with van der Waals surface area (Å²) < 4.78 is 26.9. The van der Waals surface area contributed by atoms with Gasteiger partial charge in [0.1, 0.15) is 21.6 Å². The number of halogens is 2. The van der Waals surface area contributed by atoms with Crippen molar-refractivity contribution in [2.24, 2.45) is 4.99 Å². The highest BCUT2D eigenvalue weighted by Gasteiger charge is 2.16. The molecule has 0 saturated heterocycles. The first-order chi connectivity index (χ1) is 7.60. The summed E-state index contributed by atoms with van der Waals surface area (Å²) in [5.74, 6) is -2.68. The van der Waals surface area contributed by atoms with Gasteiger partial charge in [0.25, 0.3) is 5.91 Å². The lowest BCUT2D eigenvalue weighted by atomic mass is 10.2. The summed E-state index contributed by atoms with van der Waals surface area (Å²) in [5.41, 5.74) is -0.608. The molecule has 0 aliphatic heterocycles. The highest BCUT2D eigenvalue weighted by atomic mass is 32.2. The first-order valence-corrected chi connectivity index (χ1v) is 6.70. The minimum Gasteiger partial charge on any atom is -0.266 e. The van der Waals surface area contributed by atoms with Gasteiger partial charge < -0.3 is 0 Å². The molecule has 1 amide bonds. The monoisotopic (exact) mass is 261 g/mol. The Morgan fingerprint density at radius 3 is 2.12 bits per heavy atom. The molecule has 0 radical (unpaired) electrons.